The molecule has 126 valence electrons. The summed E-state index contributed by atoms with van der Waals surface area (Å²) < 4.78 is 1.31. The van der Waals surface area contributed by atoms with E-state index >= 15 is 0 Å². The highest BCUT2D eigenvalue weighted by atomic mass is 32.1. The van der Waals surface area contributed by atoms with Crippen LogP contribution in [0, 0.1) is 5.92 Å². The average Bonchev–Trinajstić information content (AvgIpc) is 3.11. The van der Waals surface area contributed by atoms with Crippen molar-refractivity contribution in [2.45, 2.75) is 19.4 Å². The van der Waals surface area contributed by atoms with Gasteiger partial charge in [-0.25, -0.2) is 4.98 Å². The fourth-order valence-electron chi connectivity index (χ4n) is 2.76. The van der Waals surface area contributed by atoms with Crippen LogP contribution in [-0.4, -0.2) is 39.4 Å². The molecule has 24 heavy (non-hydrogen) atoms. The number of piperidine rings is 1. The molecule has 0 radical (unpaired) electrons. The lowest BCUT2D eigenvalue weighted by Gasteiger charge is -2.30. The normalized spacial score (nSPS) is 15.4. The molecule has 3 rings (SSSR count). The summed E-state index contributed by atoms with van der Waals surface area (Å²) in [6.07, 6.45) is 2.56. The highest BCUT2D eigenvalue weighted by Gasteiger charge is 2.26. The quantitative estimate of drug-likeness (QED) is 0.881. The molecule has 7 nitrogen and oxygen atoms in total. The van der Waals surface area contributed by atoms with E-state index in [0.29, 0.717) is 31.6 Å². The molecule has 2 N–H and O–H groups in total. The van der Waals surface area contributed by atoms with E-state index in [1.165, 1.54) is 28.3 Å². The van der Waals surface area contributed by atoms with Crippen LogP contribution < -0.4 is 11.3 Å². The average molecular weight is 346 g/mol. The molecule has 2 aromatic heterocycles. The van der Waals surface area contributed by atoms with Crippen LogP contribution in [0.25, 0.3) is 10.6 Å². The minimum atomic E-state index is -0.313. The fourth-order valence-corrected chi connectivity index (χ4v) is 3.46. The van der Waals surface area contributed by atoms with Crippen LogP contribution in [-0.2, 0) is 16.1 Å². The summed E-state index contributed by atoms with van der Waals surface area (Å²) in [5.74, 6) is -0.624. The van der Waals surface area contributed by atoms with E-state index in [-0.39, 0.29) is 29.8 Å². The van der Waals surface area contributed by atoms with E-state index in [0.717, 1.165) is 4.88 Å². The number of aromatic nitrogens is 2. The van der Waals surface area contributed by atoms with Crippen molar-refractivity contribution < 1.29 is 9.59 Å². The number of hydrogen-bond donors (Lipinski definition) is 1. The highest BCUT2D eigenvalue weighted by Crippen LogP contribution is 2.21. The Morgan fingerprint density at radius 1 is 1.33 bits per heavy atom. The first kappa shape index (κ1) is 16.4. The lowest BCUT2D eigenvalue weighted by Crippen LogP contribution is -2.43. The SMILES string of the molecule is NC(=O)C1CCN(C(=O)Cn2cnc(-c3cccs3)cc2=O)CC1. The van der Waals surface area contributed by atoms with Crippen LogP contribution in [0.3, 0.4) is 0 Å². The van der Waals surface area contributed by atoms with Gasteiger partial charge in [-0.05, 0) is 24.3 Å². The molecule has 1 saturated heterocycles. The van der Waals surface area contributed by atoms with Gasteiger partial charge in [0.2, 0.25) is 11.8 Å². The van der Waals surface area contributed by atoms with E-state index in [9.17, 15) is 14.4 Å². The van der Waals surface area contributed by atoms with Crippen molar-refractivity contribution in [3.63, 3.8) is 0 Å². The maximum Gasteiger partial charge on any atom is 0.254 e. The Bertz CT molecular complexity index is 792. The number of primary amides is 1. The molecule has 8 heteroatoms. The lowest BCUT2D eigenvalue weighted by molar-refractivity contribution is -0.135. The molecular weight excluding hydrogens is 328 g/mol. The third-order valence-corrected chi connectivity index (χ3v) is 5.10. The van der Waals surface area contributed by atoms with Gasteiger partial charge in [-0.15, -0.1) is 11.3 Å². The van der Waals surface area contributed by atoms with Crippen molar-refractivity contribution in [1.29, 1.82) is 0 Å². The highest BCUT2D eigenvalue weighted by molar-refractivity contribution is 7.13. The van der Waals surface area contributed by atoms with Crippen molar-refractivity contribution >= 4 is 23.2 Å². The summed E-state index contributed by atoms with van der Waals surface area (Å²) in [6, 6.07) is 5.23. The Labute approximate surface area is 142 Å². The predicted octanol–water partition coefficient (Wildman–Crippen LogP) is 0.696. The summed E-state index contributed by atoms with van der Waals surface area (Å²) in [4.78, 5) is 42.5. The van der Waals surface area contributed by atoms with Gasteiger partial charge in [-0.1, -0.05) is 6.07 Å². The topological polar surface area (TPSA) is 98.3 Å². The third kappa shape index (κ3) is 3.53. The minimum absolute atomic E-state index is 0.0439. The summed E-state index contributed by atoms with van der Waals surface area (Å²) in [7, 11) is 0. The van der Waals surface area contributed by atoms with Gasteiger partial charge in [0.25, 0.3) is 5.56 Å². The van der Waals surface area contributed by atoms with E-state index in [1.54, 1.807) is 4.90 Å². The van der Waals surface area contributed by atoms with Gasteiger partial charge in [0, 0.05) is 25.1 Å². The van der Waals surface area contributed by atoms with Crippen molar-refractivity contribution in [2.24, 2.45) is 11.7 Å². The number of carbonyl (C=O) groups is 2. The van der Waals surface area contributed by atoms with Gasteiger partial charge in [-0.3, -0.25) is 19.0 Å². The van der Waals surface area contributed by atoms with Crippen molar-refractivity contribution in [3.05, 3.63) is 40.3 Å². The Morgan fingerprint density at radius 3 is 2.67 bits per heavy atom. The second kappa shape index (κ2) is 6.96. The standard InChI is InChI=1S/C16H18N4O3S/c17-16(23)11-3-5-19(6-4-11)15(22)9-20-10-18-12(8-14(20)21)13-2-1-7-24-13/h1-2,7-8,10-11H,3-6,9H2,(H2,17,23). The molecular formula is C16H18N4O3S. The largest absolute Gasteiger partial charge is 0.369 e. The summed E-state index contributed by atoms with van der Waals surface area (Å²) in [5.41, 5.74) is 5.65. The van der Waals surface area contributed by atoms with Crippen molar-refractivity contribution in [1.82, 2.24) is 14.5 Å². The number of nitrogens with zero attached hydrogens (tertiary/aromatic N) is 3. The van der Waals surface area contributed by atoms with Crippen LogP contribution in [0.15, 0.2) is 34.7 Å². The van der Waals surface area contributed by atoms with Gasteiger partial charge < -0.3 is 10.6 Å². The Morgan fingerprint density at radius 2 is 2.08 bits per heavy atom. The van der Waals surface area contributed by atoms with Gasteiger partial charge in [-0.2, -0.15) is 0 Å². The summed E-state index contributed by atoms with van der Waals surface area (Å²) in [5, 5.41) is 1.92. The predicted molar refractivity (Wildman–Crippen MR) is 90.3 cm³/mol. The maximum atomic E-state index is 12.3. The van der Waals surface area contributed by atoms with Gasteiger partial charge >= 0.3 is 0 Å². The number of nitrogens with two attached hydrogens (primary N) is 1. The third-order valence-electron chi connectivity index (χ3n) is 4.21. The molecule has 1 aliphatic rings. The number of thiophene rings is 1. The first-order valence-electron chi connectivity index (χ1n) is 7.72. The number of hydrogen-bond acceptors (Lipinski definition) is 5. The first-order valence-corrected chi connectivity index (χ1v) is 8.60. The van der Waals surface area contributed by atoms with Gasteiger partial charge in [0.15, 0.2) is 0 Å². The second-order valence-electron chi connectivity index (χ2n) is 5.78. The Kier molecular flexibility index (Phi) is 4.75. The molecule has 0 unspecified atom stereocenters. The van der Waals surface area contributed by atoms with E-state index in [1.807, 2.05) is 17.5 Å². The molecule has 0 atom stereocenters. The number of likely N-dealkylation sites (tertiary alicyclic amines) is 1. The van der Waals surface area contributed by atoms with Crippen LogP contribution >= 0.6 is 11.3 Å². The zero-order valence-electron chi connectivity index (χ0n) is 13.1. The molecule has 1 aliphatic heterocycles. The van der Waals surface area contributed by atoms with Gasteiger partial charge in [0.05, 0.1) is 16.9 Å². The number of carbonyl (C=O) groups excluding carboxylic acids is 2. The van der Waals surface area contributed by atoms with Crippen LogP contribution in [0.1, 0.15) is 12.8 Å². The molecule has 2 aromatic rings. The molecule has 0 saturated carbocycles. The fraction of sp³-hybridized carbons (Fsp3) is 0.375. The van der Waals surface area contributed by atoms with Gasteiger partial charge in [0.1, 0.15) is 6.54 Å². The molecule has 0 aromatic carbocycles. The zero-order valence-corrected chi connectivity index (χ0v) is 13.9. The smallest absolute Gasteiger partial charge is 0.254 e. The summed E-state index contributed by atoms with van der Waals surface area (Å²) >= 11 is 1.51. The Balaban J connectivity index is 1.65. The van der Waals surface area contributed by atoms with Crippen LogP contribution in [0.4, 0.5) is 0 Å². The molecule has 0 aliphatic carbocycles. The van der Waals surface area contributed by atoms with Crippen LogP contribution in [0.5, 0.6) is 0 Å². The zero-order chi connectivity index (χ0) is 17.1. The molecule has 2 amide bonds. The molecule has 0 bridgehead atoms. The van der Waals surface area contributed by atoms with Crippen molar-refractivity contribution in [2.75, 3.05) is 13.1 Å². The second-order valence-corrected chi connectivity index (χ2v) is 6.72. The molecule has 1 fully saturated rings. The van der Waals surface area contributed by atoms with Crippen molar-refractivity contribution in [3.8, 4) is 10.6 Å². The van der Waals surface area contributed by atoms with E-state index < -0.39 is 0 Å². The maximum absolute atomic E-state index is 12.3. The lowest BCUT2D eigenvalue weighted by atomic mass is 9.96. The molecule has 0 spiro atoms. The summed E-state index contributed by atoms with van der Waals surface area (Å²) in [6.45, 7) is 0.932. The van der Waals surface area contributed by atoms with E-state index in [4.69, 9.17) is 5.73 Å². The number of amides is 2. The first-order chi connectivity index (χ1) is 11.5. The monoisotopic (exact) mass is 346 g/mol. The Hall–Kier alpha value is -2.48. The molecule has 3 heterocycles. The minimum Gasteiger partial charge on any atom is -0.369 e. The number of rotatable bonds is 4. The van der Waals surface area contributed by atoms with Crippen LogP contribution in [0.2, 0.25) is 0 Å². The van der Waals surface area contributed by atoms with E-state index in [2.05, 4.69) is 4.98 Å².